The Morgan fingerprint density at radius 2 is 1.88 bits per heavy atom. The van der Waals surface area contributed by atoms with Crippen LogP contribution >= 0.6 is 11.3 Å². The van der Waals surface area contributed by atoms with Gasteiger partial charge in [0, 0.05) is 5.22 Å². The van der Waals surface area contributed by atoms with Crippen LogP contribution in [0.3, 0.4) is 0 Å². The number of hydrogen-bond acceptors (Lipinski definition) is 5. The molecule has 6 nitrogen and oxygen atoms in total. The lowest BCUT2D eigenvalue weighted by molar-refractivity contribution is -0.112. The zero-order chi connectivity index (χ0) is 18.4. The Balaban J connectivity index is 1.95. The topological polar surface area (TPSA) is 80.9 Å². The van der Waals surface area contributed by atoms with Gasteiger partial charge in [-0.15, -0.1) is 0 Å². The lowest BCUT2D eigenvalue weighted by Crippen LogP contribution is -2.23. The van der Waals surface area contributed by atoms with Crippen LogP contribution in [0, 0.1) is 5.82 Å². The van der Waals surface area contributed by atoms with Crippen molar-refractivity contribution in [1.29, 1.82) is 0 Å². The molecule has 1 aliphatic rings. The molecule has 0 saturated carbocycles. The summed E-state index contributed by atoms with van der Waals surface area (Å²) in [6.07, 6.45) is 0. The van der Waals surface area contributed by atoms with Crippen molar-refractivity contribution in [3.8, 4) is 17.3 Å². The van der Waals surface area contributed by atoms with Crippen LogP contribution in [0.15, 0.2) is 52.3 Å². The summed E-state index contributed by atoms with van der Waals surface area (Å²) >= 11 is 0.702. The van der Waals surface area contributed by atoms with Gasteiger partial charge >= 0.3 is 4.87 Å². The molecule has 130 valence electrons. The van der Waals surface area contributed by atoms with Gasteiger partial charge in [-0.05, 0) is 42.5 Å². The molecule has 8 heteroatoms. The Morgan fingerprint density at radius 3 is 2.58 bits per heavy atom. The third-order valence-electron chi connectivity index (χ3n) is 4.01. The first-order valence-electron chi connectivity index (χ1n) is 7.52. The number of halogens is 1. The summed E-state index contributed by atoms with van der Waals surface area (Å²) in [5.41, 5.74) is 0.435. The van der Waals surface area contributed by atoms with E-state index >= 15 is 0 Å². The van der Waals surface area contributed by atoms with Gasteiger partial charge in [-0.25, -0.2) is 13.9 Å². The fourth-order valence-electron chi connectivity index (χ4n) is 2.79. The molecular weight excluding hydrogens is 359 g/mol. The fourth-order valence-corrected chi connectivity index (χ4v) is 3.73. The second-order valence-electron chi connectivity index (χ2n) is 5.51. The third-order valence-corrected chi connectivity index (χ3v) is 4.96. The highest BCUT2D eigenvalue weighted by atomic mass is 32.1. The molecule has 0 unspecified atom stereocenters. The molecule has 1 aromatic heterocycles. The van der Waals surface area contributed by atoms with Crippen molar-refractivity contribution in [2.75, 3.05) is 7.11 Å². The summed E-state index contributed by atoms with van der Waals surface area (Å²) < 4.78 is 19.7. The molecule has 0 aliphatic carbocycles. The van der Waals surface area contributed by atoms with Crippen molar-refractivity contribution in [3.05, 3.63) is 73.4 Å². The number of carbonyl (C=O) groups excluding carboxylic acids is 1. The van der Waals surface area contributed by atoms with Gasteiger partial charge in [0.05, 0.1) is 23.7 Å². The molecule has 4 rings (SSSR count). The molecule has 0 fully saturated rings. The zero-order valence-corrected chi connectivity index (χ0v) is 14.2. The Labute approximate surface area is 149 Å². The second-order valence-corrected chi connectivity index (χ2v) is 6.47. The molecule has 0 saturated heterocycles. The largest absolute Gasteiger partial charge is 0.497 e. The highest BCUT2D eigenvalue weighted by Gasteiger charge is 2.26. The van der Waals surface area contributed by atoms with Gasteiger partial charge in [-0.3, -0.25) is 9.59 Å². The number of amides is 1. The molecule has 2 heterocycles. The summed E-state index contributed by atoms with van der Waals surface area (Å²) in [5, 5.41) is 11.2. The van der Waals surface area contributed by atoms with Crippen molar-refractivity contribution >= 4 is 22.8 Å². The molecule has 0 radical (unpaired) electrons. The van der Waals surface area contributed by atoms with E-state index in [9.17, 15) is 19.1 Å². The molecule has 3 aromatic rings. The minimum Gasteiger partial charge on any atom is -0.497 e. The van der Waals surface area contributed by atoms with E-state index in [1.807, 2.05) is 0 Å². The fraction of sp³-hybridized carbons (Fsp3) is 0.0556. The van der Waals surface area contributed by atoms with E-state index in [1.165, 1.54) is 25.3 Å². The molecule has 1 amide bonds. The number of nitrogens with zero attached hydrogens (tertiary/aromatic N) is 2. The average Bonchev–Trinajstić information content (AvgIpc) is 3.10. The highest BCUT2D eigenvalue weighted by Crippen LogP contribution is 2.30. The molecule has 0 spiro atoms. The first kappa shape index (κ1) is 16.2. The van der Waals surface area contributed by atoms with Crippen molar-refractivity contribution in [2.24, 2.45) is 4.99 Å². The van der Waals surface area contributed by atoms with Crippen LogP contribution < -0.4 is 20.2 Å². The van der Waals surface area contributed by atoms with Gasteiger partial charge < -0.3 is 9.84 Å². The molecule has 26 heavy (non-hydrogen) atoms. The number of methoxy groups -OCH3 is 1. The predicted octanol–water partition coefficient (Wildman–Crippen LogP) is 1.11. The van der Waals surface area contributed by atoms with E-state index in [4.69, 9.17) is 4.74 Å². The molecule has 1 N–H and O–H groups in total. The van der Waals surface area contributed by atoms with Gasteiger partial charge in [0.2, 0.25) is 5.88 Å². The summed E-state index contributed by atoms with van der Waals surface area (Å²) in [7, 11) is 1.52. The van der Waals surface area contributed by atoms with Crippen LogP contribution in [0.25, 0.3) is 11.3 Å². The van der Waals surface area contributed by atoms with Crippen molar-refractivity contribution in [2.45, 2.75) is 0 Å². The minimum atomic E-state index is -0.621. The summed E-state index contributed by atoms with van der Waals surface area (Å²) in [6.45, 7) is 0. The van der Waals surface area contributed by atoms with Crippen molar-refractivity contribution < 1.29 is 19.0 Å². The van der Waals surface area contributed by atoms with E-state index in [0.717, 1.165) is 4.57 Å². The lowest BCUT2D eigenvalue weighted by Gasteiger charge is -2.05. The van der Waals surface area contributed by atoms with E-state index in [0.29, 0.717) is 28.1 Å². The first-order chi connectivity index (χ1) is 12.5. The Kier molecular flexibility index (Phi) is 3.69. The number of hydrogen-bond donors (Lipinski definition) is 1. The monoisotopic (exact) mass is 370 g/mol. The molecule has 0 bridgehead atoms. The SMILES string of the molecule is COc1ccc(-n2c(O)c(C3=c4cc(F)ccc4=NC3=O)sc2=O)cc1. The smallest absolute Gasteiger partial charge is 0.315 e. The number of thiazole rings is 1. The maximum Gasteiger partial charge on any atom is 0.315 e. The standard InChI is InChI=1S/C18H11FN2O4S/c1-25-11-5-3-10(4-6-11)21-17(23)15(26-18(21)24)14-12-8-9(19)2-7-13(12)20-16(14)22/h2-8,23H,1H3. The second kappa shape index (κ2) is 5.92. The number of fused-ring (bicyclic) bond motifs is 1. The number of aromatic nitrogens is 1. The van der Waals surface area contributed by atoms with E-state index in [1.54, 1.807) is 24.3 Å². The van der Waals surface area contributed by atoms with Gasteiger partial charge in [0.1, 0.15) is 16.4 Å². The number of carbonyl (C=O) groups is 1. The van der Waals surface area contributed by atoms with Crippen LogP contribution in [-0.2, 0) is 4.79 Å². The Morgan fingerprint density at radius 1 is 1.15 bits per heavy atom. The van der Waals surface area contributed by atoms with Crippen molar-refractivity contribution in [1.82, 2.24) is 4.57 Å². The quantitative estimate of drug-likeness (QED) is 0.749. The lowest BCUT2D eigenvalue weighted by atomic mass is 10.1. The van der Waals surface area contributed by atoms with E-state index < -0.39 is 16.6 Å². The molecule has 1 aliphatic heterocycles. The minimum absolute atomic E-state index is 0.0198. The third kappa shape index (κ3) is 2.42. The average molecular weight is 370 g/mol. The van der Waals surface area contributed by atoms with Crippen molar-refractivity contribution in [3.63, 3.8) is 0 Å². The first-order valence-corrected chi connectivity index (χ1v) is 8.34. The molecular formula is C18H11FN2O4S. The Hall–Kier alpha value is -3.26. The van der Waals surface area contributed by atoms with Gasteiger partial charge in [0.25, 0.3) is 5.91 Å². The zero-order valence-electron chi connectivity index (χ0n) is 13.4. The summed E-state index contributed by atoms with van der Waals surface area (Å²) in [6, 6.07) is 10.3. The number of rotatable bonds is 3. The van der Waals surface area contributed by atoms with Gasteiger partial charge in [0.15, 0.2) is 0 Å². The normalized spacial score (nSPS) is 12.8. The molecule has 0 atom stereocenters. The van der Waals surface area contributed by atoms with Crippen LogP contribution in [0.2, 0.25) is 0 Å². The van der Waals surface area contributed by atoms with Crippen LogP contribution in [-0.4, -0.2) is 22.7 Å². The van der Waals surface area contributed by atoms with Crippen LogP contribution in [0.4, 0.5) is 4.39 Å². The highest BCUT2D eigenvalue weighted by molar-refractivity contribution is 7.11. The van der Waals surface area contributed by atoms with Gasteiger partial charge in [-0.2, -0.15) is 0 Å². The maximum absolute atomic E-state index is 13.6. The number of benzene rings is 2. The van der Waals surface area contributed by atoms with E-state index in [-0.39, 0.29) is 21.5 Å². The molecule has 2 aromatic carbocycles. The van der Waals surface area contributed by atoms with E-state index in [2.05, 4.69) is 4.99 Å². The number of ether oxygens (including phenoxy) is 1. The summed E-state index contributed by atoms with van der Waals surface area (Å²) in [4.78, 5) is 28.1. The predicted molar refractivity (Wildman–Crippen MR) is 92.8 cm³/mol. The van der Waals surface area contributed by atoms with Crippen LogP contribution in [0.1, 0.15) is 4.88 Å². The Bertz CT molecular complexity index is 1230. The summed E-state index contributed by atoms with van der Waals surface area (Å²) in [5.74, 6) is -0.947. The maximum atomic E-state index is 13.6. The van der Waals surface area contributed by atoms with Gasteiger partial charge in [-0.1, -0.05) is 11.3 Å². The number of aromatic hydroxyl groups is 1. The van der Waals surface area contributed by atoms with Crippen LogP contribution in [0.5, 0.6) is 11.6 Å².